The van der Waals surface area contributed by atoms with Gasteiger partial charge < -0.3 is 9.47 Å². The highest BCUT2D eigenvalue weighted by Gasteiger charge is 2.04. The van der Waals surface area contributed by atoms with Gasteiger partial charge in [-0.25, -0.2) is 9.59 Å². The first-order valence-electron chi connectivity index (χ1n) is 4.06. The first kappa shape index (κ1) is 12.4. The molecule has 0 fully saturated rings. The van der Waals surface area contributed by atoms with Crippen molar-refractivity contribution in [3.05, 3.63) is 23.8 Å². The van der Waals surface area contributed by atoms with Crippen molar-refractivity contribution in [2.24, 2.45) is 0 Å². The van der Waals surface area contributed by atoms with Crippen LogP contribution in [0.15, 0.2) is 23.8 Å². The summed E-state index contributed by atoms with van der Waals surface area (Å²) in [6.07, 6.45) is 1.48. The van der Waals surface area contributed by atoms with Crippen LogP contribution in [0.5, 0.6) is 0 Å². The van der Waals surface area contributed by atoms with Crippen molar-refractivity contribution < 1.29 is 19.1 Å². The molecule has 0 spiro atoms. The predicted octanol–water partition coefficient (Wildman–Crippen LogP) is 1.22. The maximum absolute atomic E-state index is 10.9. The summed E-state index contributed by atoms with van der Waals surface area (Å²) in [4.78, 5) is 21.8. The van der Waals surface area contributed by atoms with Gasteiger partial charge in [-0.1, -0.05) is 6.58 Å². The first-order chi connectivity index (χ1) is 6.49. The highest BCUT2D eigenvalue weighted by Crippen LogP contribution is 1.97. The molecule has 0 radical (unpaired) electrons. The van der Waals surface area contributed by atoms with Crippen LogP contribution in [-0.2, 0) is 19.1 Å². The molecule has 0 aromatic carbocycles. The molecule has 0 amide bonds. The average molecular weight is 198 g/mol. The monoisotopic (exact) mass is 198 g/mol. The Morgan fingerprint density at radius 1 is 1.29 bits per heavy atom. The van der Waals surface area contributed by atoms with Crippen molar-refractivity contribution in [3.63, 3.8) is 0 Å². The summed E-state index contributed by atoms with van der Waals surface area (Å²) in [5, 5.41) is 0. The smallest absolute Gasteiger partial charge is 0.333 e. The number of rotatable bonds is 4. The average Bonchev–Trinajstić information content (AvgIpc) is 2.15. The second-order valence-electron chi connectivity index (χ2n) is 2.76. The molecule has 0 rings (SSSR count). The van der Waals surface area contributed by atoms with Gasteiger partial charge in [-0.3, -0.25) is 0 Å². The van der Waals surface area contributed by atoms with E-state index in [-0.39, 0.29) is 6.61 Å². The molecular formula is C10H14O4. The molecule has 4 heteroatoms. The number of hydrogen-bond acceptors (Lipinski definition) is 4. The number of carbonyl (C=O) groups excluding carboxylic acids is 2. The molecular weight excluding hydrogens is 184 g/mol. The van der Waals surface area contributed by atoms with E-state index in [1.54, 1.807) is 13.8 Å². The fourth-order valence-corrected chi connectivity index (χ4v) is 0.610. The molecule has 0 aliphatic carbocycles. The Morgan fingerprint density at radius 2 is 1.86 bits per heavy atom. The van der Waals surface area contributed by atoms with Crippen LogP contribution in [0, 0.1) is 0 Å². The Kier molecular flexibility index (Phi) is 5.29. The van der Waals surface area contributed by atoms with Crippen LogP contribution in [0.25, 0.3) is 0 Å². The van der Waals surface area contributed by atoms with E-state index in [1.165, 1.54) is 13.2 Å². The van der Waals surface area contributed by atoms with Gasteiger partial charge in [-0.2, -0.15) is 0 Å². The van der Waals surface area contributed by atoms with Crippen molar-refractivity contribution in [1.82, 2.24) is 0 Å². The number of esters is 2. The Balaban J connectivity index is 4.00. The van der Waals surface area contributed by atoms with E-state index in [1.807, 2.05) is 0 Å². The lowest BCUT2D eigenvalue weighted by atomic mass is 10.3. The summed E-state index contributed by atoms with van der Waals surface area (Å²) in [5.74, 6) is -0.907. The van der Waals surface area contributed by atoms with Gasteiger partial charge in [-0.05, 0) is 19.9 Å². The molecule has 0 saturated heterocycles. The van der Waals surface area contributed by atoms with E-state index in [2.05, 4.69) is 11.3 Å². The molecule has 14 heavy (non-hydrogen) atoms. The molecule has 0 saturated carbocycles. The predicted molar refractivity (Wildman–Crippen MR) is 51.5 cm³/mol. The van der Waals surface area contributed by atoms with Crippen LogP contribution < -0.4 is 0 Å². The van der Waals surface area contributed by atoms with Crippen molar-refractivity contribution in [2.45, 2.75) is 13.8 Å². The summed E-state index contributed by atoms with van der Waals surface area (Å²) in [6.45, 7) is 6.60. The minimum atomic E-state index is -0.473. The van der Waals surface area contributed by atoms with Crippen molar-refractivity contribution in [3.8, 4) is 0 Å². The molecule has 0 aliphatic heterocycles. The third-order valence-corrected chi connectivity index (χ3v) is 1.46. The van der Waals surface area contributed by atoms with Crippen LogP contribution in [0.3, 0.4) is 0 Å². The van der Waals surface area contributed by atoms with E-state index in [9.17, 15) is 9.59 Å². The summed E-state index contributed by atoms with van der Waals surface area (Å²) in [6, 6.07) is 0. The Hall–Kier alpha value is -1.58. The van der Waals surface area contributed by atoms with Crippen molar-refractivity contribution in [1.29, 1.82) is 0 Å². The standard InChI is InChI=1S/C10H14O4/c1-7(2)9(11)14-6-5-8(3)10(12)13-4/h5H,1,6H2,2-4H3. The zero-order valence-corrected chi connectivity index (χ0v) is 8.62. The molecule has 0 heterocycles. The van der Waals surface area contributed by atoms with E-state index >= 15 is 0 Å². The van der Waals surface area contributed by atoms with E-state index in [4.69, 9.17) is 4.74 Å². The lowest BCUT2D eigenvalue weighted by molar-refractivity contribution is -0.138. The highest BCUT2D eigenvalue weighted by atomic mass is 16.5. The summed E-state index contributed by atoms with van der Waals surface area (Å²) < 4.78 is 9.20. The van der Waals surface area contributed by atoms with Gasteiger partial charge in [-0.15, -0.1) is 0 Å². The summed E-state index contributed by atoms with van der Waals surface area (Å²) in [7, 11) is 1.29. The zero-order valence-electron chi connectivity index (χ0n) is 8.62. The van der Waals surface area contributed by atoms with E-state index < -0.39 is 11.9 Å². The van der Waals surface area contributed by atoms with Gasteiger partial charge in [0.1, 0.15) is 6.61 Å². The van der Waals surface area contributed by atoms with Gasteiger partial charge in [0.2, 0.25) is 0 Å². The molecule has 4 nitrogen and oxygen atoms in total. The lowest BCUT2D eigenvalue weighted by Crippen LogP contribution is -2.07. The van der Waals surface area contributed by atoms with Gasteiger partial charge in [0, 0.05) is 11.1 Å². The van der Waals surface area contributed by atoms with Crippen LogP contribution in [0.1, 0.15) is 13.8 Å². The topological polar surface area (TPSA) is 52.6 Å². The maximum Gasteiger partial charge on any atom is 0.333 e. The maximum atomic E-state index is 10.9. The Labute approximate surface area is 83.2 Å². The normalized spacial score (nSPS) is 10.6. The third-order valence-electron chi connectivity index (χ3n) is 1.46. The largest absolute Gasteiger partial charge is 0.466 e. The first-order valence-corrected chi connectivity index (χ1v) is 4.06. The van der Waals surface area contributed by atoms with Crippen LogP contribution in [-0.4, -0.2) is 25.7 Å². The molecule has 0 aliphatic rings. The number of methoxy groups -OCH3 is 1. The molecule has 0 aromatic heterocycles. The van der Waals surface area contributed by atoms with E-state index in [0.717, 1.165) is 0 Å². The van der Waals surface area contributed by atoms with Crippen LogP contribution in [0.2, 0.25) is 0 Å². The summed E-state index contributed by atoms with van der Waals surface area (Å²) in [5.41, 5.74) is 0.733. The van der Waals surface area contributed by atoms with Gasteiger partial charge in [0.25, 0.3) is 0 Å². The summed E-state index contributed by atoms with van der Waals surface area (Å²) >= 11 is 0. The number of hydrogen-bond donors (Lipinski definition) is 0. The molecule has 0 N–H and O–H groups in total. The molecule has 0 bridgehead atoms. The third kappa shape index (κ3) is 4.45. The highest BCUT2D eigenvalue weighted by molar-refractivity contribution is 5.88. The van der Waals surface area contributed by atoms with Crippen molar-refractivity contribution >= 4 is 11.9 Å². The molecule has 0 atom stereocenters. The second kappa shape index (κ2) is 5.96. The van der Waals surface area contributed by atoms with Gasteiger partial charge in [0.15, 0.2) is 0 Å². The van der Waals surface area contributed by atoms with Crippen molar-refractivity contribution in [2.75, 3.05) is 13.7 Å². The number of ether oxygens (including phenoxy) is 2. The van der Waals surface area contributed by atoms with Crippen LogP contribution >= 0.6 is 0 Å². The Bertz CT molecular complexity index is 276. The van der Waals surface area contributed by atoms with Gasteiger partial charge >= 0.3 is 11.9 Å². The minimum absolute atomic E-state index is 0.0482. The fraction of sp³-hybridized carbons (Fsp3) is 0.400. The quantitative estimate of drug-likeness (QED) is 0.503. The Morgan fingerprint density at radius 3 is 2.29 bits per heavy atom. The van der Waals surface area contributed by atoms with E-state index in [0.29, 0.717) is 11.1 Å². The lowest BCUT2D eigenvalue weighted by Gasteiger charge is -2.01. The zero-order chi connectivity index (χ0) is 11.1. The van der Waals surface area contributed by atoms with Crippen LogP contribution in [0.4, 0.5) is 0 Å². The fourth-order valence-electron chi connectivity index (χ4n) is 0.610. The molecule has 78 valence electrons. The number of carbonyl (C=O) groups is 2. The minimum Gasteiger partial charge on any atom is -0.466 e. The van der Waals surface area contributed by atoms with Gasteiger partial charge in [0.05, 0.1) is 7.11 Å². The SMILES string of the molecule is C=C(C)C(=O)OCC=C(C)C(=O)OC. The molecule has 0 unspecified atom stereocenters. The second-order valence-corrected chi connectivity index (χ2v) is 2.76. The molecule has 0 aromatic rings.